The van der Waals surface area contributed by atoms with E-state index in [1.807, 2.05) is 30.3 Å². The van der Waals surface area contributed by atoms with E-state index in [2.05, 4.69) is 22.8 Å². The van der Waals surface area contributed by atoms with Gasteiger partial charge in [-0.1, -0.05) is 23.7 Å². The van der Waals surface area contributed by atoms with Crippen molar-refractivity contribution in [1.82, 2.24) is 9.55 Å². The molecule has 0 unspecified atom stereocenters. The van der Waals surface area contributed by atoms with E-state index in [1.165, 1.54) is 5.52 Å². The van der Waals surface area contributed by atoms with Crippen molar-refractivity contribution in [3.05, 3.63) is 59.4 Å². The van der Waals surface area contributed by atoms with Crippen molar-refractivity contribution in [3.8, 4) is 5.75 Å². The molecule has 1 aromatic heterocycles. The highest BCUT2D eigenvalue weighted by molar-refractivity contribution is 6.30. The number of para-hydroxylation sites is 2. The Morgan fingerprint density at radius 3 is 2.62 bits per heavy atom. The molecule has 0 atom stereocenters. The van der Waals surface area contributed by atoms with Crippen LogP contribution in [0.15, 0.2) is 48.5 Å². The van der Waals surface area contributed by atoms with E-state index in [1.54, 1.807) is 0 Å². The van der Waals surface area contributed by atoms with Gasteiger partial charge in [0.15, 0.2) is 0 Å². The van der Waals surface area contributed by atoms with Crippen molar-refractivity contribution in [2.75, 3.05) is 13.2 Å². The zero-order valence-electron chi connectivity index (χ0n) is 13.6. The van der Waals surface area contributed by atoms with Crippen LogP contribution in [0.2, 0.25) is 5.02 Å². The molecule has 0 aliphatic rings. The van der Waals surface area contributed by atoms with Crippen molar-refractivity contribution in [2.45, 2.75) is 25.8 Å². The number of halogens is 1. The molecule has 3 aromatic rings. The van der Waals surface area contributed by atoms with Gasteiger partial charge < -0.3 is 15.0 Å². The Balaban J connectivity index is 1.70. The van der Waals surface area contributed by atoms with Gasteiger partial charge in [-0.25, -0.2) is 4.98 Å². The molecule has 126 valence electrons. The van der Waals surface area contributed by atoms with Crippen LogP contribution >= 0.6 is 11.6 Å². The smallest absolute Gasteiger partial charge is 0.119 e. The van der Waals surface area contributed by atoms with Crippen molar-refractivity contribution >= 4 is 22.6 Å². The summed E-state index contributed by atoms with van der Waals surface area (Å²) in [4.78, 5) is 4.77. The molecule has 1 heterocycles. The molecule has 0 saturated heterocycles. The molecule has 0 radical (unpaired) electrons. The van der Waals surface area contributed by atoms with Gasteiger partial charge in [0.05, 0.1) is 17.6 Å². The number of nitrogens with zero attached hydrogens (tertiary/aromatic N) is 2. The molecule has 0 aliphatic carbocycles. The quantitative estimate of drug-likeness (QED) is 0.628. The summed E-state index contributed by atoms with van der Waals surface area (Å²) in [6.07, 6.45) is 2.84. The Bertz CT molecular complexity index is 783. The number of hydrogen-bond donors (Lipinski definition) is 1. The van der Waals surface area contributed by atoms with Crippen LogP contribution in [0, 0.1) is 0 Å². The van der Waals surface area contributed by atoms with E-state index in [0.717, 1.165) is 49.4 Å². The number of unbranched alkanes of at least 4 members (excludes halogenated alkanes) is 1. The minimum Gasteiger partial charge on any atom is -0.493 e. The van der Waals surface area contributed by atoms with E-state index in [4.69, 9.17) is 27.1 Å². The summed E-state index contributed by atoms with van der Waals surface area (Å²) in [5, 5.41) is 0.712. The summed E-state index contributed by atoms with van der Waals surface area (Å²) in [5.74, 6) is 1.88. The minimum absolute atomic E-state index is 0.585. The van der Waals surface area contributed by atoms with Crippen molar-refractivity contribution in [3.63, 3.8) is 0 Å². The third-order valence-corrected chi connectivity index (χ3v) is 4.23. The van der Waals surface area contributed by atoms with Crippen molar-refractivity contribution in [2.24, 2.45) is 5.73 Å². The van der Waals surface area contributed by atoms with E-state index < -0.39 is 0 Å². The molecule has 0 aliphatic heterocycles. The van der Waals surface area contributed by atoms with Crippen LogP contribution in [-0.2, 0) is 13.0 Å². The highest BCUT2D eigenvalue weighted by atomic mass is 35.5. The maximum atomic E-state index is 5.89. The first kappa shape index (κ1) is 16.8. The Morgan fingerprint density at radius 1 is 1.04 bits per heavy atom. The van der Waals surface area contributed by atoms with Gasteiger partial charge in [0.25, 0.3) is 0 Å². The average Bonchev–Trinajstić information content (AvgIpc) is 2.95. The van der Waals surface area contributed by atoms with Gasteiger partial charge in [0, 0.05) is 18.0 Å². The van der Waals surface area contributed by atoms with E-state index in [9.17, 15) is 0 Å². The predicted octanol–water partition coefficient (Wildman–Crippen LogP) is 4.05. The topological polar surface area (TPSA) is 53.1 Å². The van der Waals surface area contributed by atoms with Gasteiger partial charge in [0.1, 0.15) is 11.6 Å². The van der Waals surface area contributed by atoms with Crippen LogP contribution < -0.4 is 10.5 Å². The van der Waals surface area contributed by atoms with Crippen LogP contribution in [0.1, 0.15) is 18.7 Å². The van der Waals surface area contributed by atoms with E-state index in [-0.39, 0.29) is 0 Å². The lowest BCUT2D eigenvalue weighted by molar-refractivity contribution is 0.316. The van der Waals surface area contributed by atoms with Crippen LogP contribution in [0.5, 0.6) is 5.75 Å². The second-order valence-corrected chi connectivity index (χ2v) is 6.15. The number of ether oxygens (including phenoxy) is 1. The van der Waals surface area contributed by atoms with Gasteiger partial charge in [-0.05, 0) is 55.8 Å². The summed E-state index contributed by atoms with van der Waals surface area (Å²) >= 11 is 5.89. The zero-order valence-corrected chi connectivity index (χ0v) is 14.4. The second-order valence-electron chi connectivity index (χ2n) is 5.72. The number of rotatable bonds is 8. The van der Waals surface area contributed by atoms with Gasteiger partial charge >= 0.3 is 0 Å². The van der Waals surface area contributed by atoms with Crippen LogP contribution in [0.3, 0.4) is 0 Å². The zero-order chi connectivity index (χ0) is 16.8. The number of aromatic nitrogens is 2. The van der Waals surface area contributed by atoms with Gasteiger partial charge in [-0.15, -0.1) is 0 Å². The first-order valence-corrected chi connectivity index (χ1v) is 8.68. The van der Waals surface area contributed by atoms with Crippen molar-refractivity contribution in [1.29, 1.82) is 0 Å². The average molecular weight is 344 g/mol. The third kappa shape index (κ3) is 4.08. The maximum Gasteiger partial charge on any atom is 0.119 e. The first-order chi connectivity index (χ1) is 11.8. The standard InChI is InChI=1S/C19H22ClN3O/c20-15-7-9-16(10-8-15)24-14-11-19-22-17-5-1-2-6-18(17)23(19)13-4-3-12-21/h1-2,5-10H,3-4,11-14,21H2. The second kappa shape index (κ2) is 8.18. The number of hydrogen-bond acceptors (Lipinski definition) is 3. The number of aryl methyl sites for hydroxylation is 1. The fourth-order valence-corrected chi connectivity index (χ4v) is 2.90. The summed E-state index contributed by atoms with van der Waals surface area (Å²) in [5.41, 5.74) is 7.83. The third-order valence-electron chi connectivity index (χ3n) is 3.98. The molecule has 24 heavy (non-hydrogen) atoms. The molecule has 2 N–H and O–H groups in total. The molecule has 0 bridgehead atoms. The highest BCUT2D eigenvalue weighted by Gasteiger charge is 2.10. The molecular weight excluding hydrogens is 322 g/mol. The Labute approximate surface area is 147 Å². The lowest BCUT2D eigenvalue weighted by Gasteiger charge is -2.10. The summed E-state index contributed by atoms with van der Waals surface area (Å²) < 4.78 is 8.10. The van der Waals surface area contributed by atoms with E-state index in [0.29, 0.717) is 11.6 Å². The fraction of sp³-hybridized carbons (Fsp3) is 0.316. The molecule has 0 saturated carbocycles. The van der Waals surface area contributed by atoms with Gasteiger partial charge in [-0.3, -0.25) is 0 Å². The monoisotopic (exact) mass is 343 g/mol. The number of nitrogens with two attached hydrogens (primary N) is 1. The molecule has 2 aromatic carbocycles. The fourth-order valence-electron chi connectivity index (χ4n) is 2.77. The summed E-state index contributed by atoms with van der Waals surface area (Å²) in [7, 11) is 0. The maximum absolute atomic E-state index is 5.89. The molecule has 0 fully saturated rings. The van der Waals surface area contributed by atoms with Gasteiger partial charge in [-0.2, -0.15) is 0 Å². The molecule has 0 spiro atoms. The predicted molar refractivity (Wildman–Crippen MR) is 98.7 cm³/mol. The molecule has 4 nitrogen and oxygen atoms in total. The van der Waals surface area contributed by atoms with E-state index >= 15 is 0 Å². The lowest BCUT2D eigenvalue weighted by atomic mass is 10.3. The summed E-state index contributed by atoms with van der Waals surface area (Å²) in [6, 6.07) is 15.7. The number of imidazole rings is 1. The molecular formula is C19H22ClN3O. The van der Waals surface area contributed by atoms with Crippen LogP contribution in [0.4, 0.5) is 0 Å². The van der Waals surface area contributed by atoms with Gasteiger partial charge in [0.2, 0.25) is 0 Å². The van der Waals surface area contributed by atoms with Crippen LogP contribution in [-0.4, -0.2) is 22.7 Å². The SMILES string of the molecule is NCCCCn1c(CCOc2ccc(Cl)cc2)nc2ccccc21. The summed E-state index contributed by atoms with van der Waals surface area (Å²) in [6.45, 7) is 2.25. The molecule has 5 heteroatoms. The highest BCUT2D eigenvalue weighted by Crippen LogP contribution is 2.19. The Hall–Kier alpha value is -2.04. The number of fused-ring (bicyclic) bond motifs is 1. The molecule has 3 rings (SSSR count). The number of benzene rings is 2. The molecule has 0 amide bonds. The first-order valence-electron chi connectivity index (χ1n) is 8.30. The Morgan fingerprint density at radius 2 is 1.83 bits per heavy atom. The Kier molecular flexibility index (Phi) is 5.72. The lowest BCUT2D eigenvalue weighted by Crippen LogP contribution is -2.10. The van der Waals surface area contributed by atoms with Crippen LogP contribution in [0.25, 0.3) is 11.0 Å². The van der Waals surface area contributed by atoms with Crippen molar-refractivity contribution < 1.29 is 4.74 Å². The minimum atomic E-state index is 0.585. The largest absolute Gasteiger partial charge is 0.493 e. The normalized spacial score (nSPS) is 11.1.